The number of hydrogen-bond donors (Lipinski definition) is 2. The molecule has 1 heterocycles. The molecule has 0 spiro atoms. The summed E-state index contributed by atoms with van der Waals surface area (Å²) in [6, 6.07) is 8.43. The molecule has 1 aromatic heterocycles. The van der Waals surface area contributed by atoms with Crippen LogP contribution in [0.5, 0.6) is 0 Å². The predicted molar refractivity (Wildman–Crippen MR) is 84.6 cm³/mol. The zero-order valence-electron chi connectivity index (χ0n) is 10.5. The van der Waals surface area contributed by atoms with Gasteiger partial charge in [0.15, 0.2) is 0 Å². The molecule has 19 heavy (non-hydrogen) atoms. The predicted octanol–water partition coefficient (Wildman–Crippen LogP) is 3.66. The highest BCUT2D eigenvalue weighted by Crippen LogP contribution is 2.23. The van der Waals surface area contributed by atoms with Gasteiger partial charge in [-0.1, -0.05) is 22.0 Å². The summed E-state index contributed by atoms with van der Waals surface area (Å²) in [5.74, 6) is 5.69. The Labute approximate surface area is 129 Å². The van der Waals surface area contributed by atoms with Crippen LogP contribution in [-0.4, -0.2) is 4.98 Å². The van der Waals surface area contributed by atoms with Crippen molar-refractivity contribution in [2.75, 3.05) is 0 Å². The summed E-state index contributed by atoms with van der Waals surface area (Å²) in [5, 5.41) is 0. The molecular formula is C14H15Br2N3. The quantitative estimate of drug-likeness (QED) is 0.624. The van der Waals surface area contributed by atoms with Crippen LogP contribution >= 0.6 is 31.9 Å². The Morgan fingerprint density at radius 1 is 1.16 bits per heavy atom. The lowest BCUT2D eigenvalue weighted by Gasteiger charge is -2.17. The third-order valence-electron chi connectivity index (χ3n) is 2.87. The molecule has 0 amide bonds. The molecule has 5 heteroatoms. The van der Waals surface area contributed by atoms with Gasteiger partial charge in [0, 0.05) is 21.3 Å². The number of rotatable bonds is 4. The first kappa shape index (κ1) is 14.7. The van der Waals surface area contributed by atoms with Crippen molar-refractivity contribution < 1.29 is 0 Å². The highest BCUT2D eigenvalue weighted by molar-refractivity contribution is 9.10. The molecule has 0 aliphatic carbocycles. The number of hydrazine groups is 1. The van der Waals surface area contributed by atoms with Crippen molar-refractivity contribution >= 4 is 31.9 Å². The van der Waals surface area contributed by atoms with Gasteiger partial charge < -0.3 is 0 Å². The third kappa shape index (κ3) is 4.11. The molecule has 0 saturated heterocycles. The van der Waals surface area contributed by atoms with Gasteiger partial charge in [0.05, 0.1) is 6.04 Å². The van der Waals surface area contributed by atoms with E-state index < -0.39 is 0 Å². The van der Waals surface area contributed by atoms with E-state index in [4.69, 9.17) is 5.84 Å². The van der Waals surface area contributed by atoms with Gasteiger partial charge in [0.1, 0.15) is 0 Å². The first-order chi connectivity index (χ1) is 9.08. The zero-order valence-corrected chi connectivity index (χ0v) is 13.7. The normalized spacial score (nSPS) is 12.4. The number of nitrogens with zero attached hydrogens (tertiary/aromatic N) is 1. The summed E-state index contributed by atoms with van der Waals surface area (Å²) >= 11 is 6.95. The monoisotopic (exact) mass is 383 g/mol. The summed E-state index contributed by atoms with van der Waals surface area (Å²) in [5.41, 5.74) is 6.38. The van der Waals surface area contributed by atoms with Crippen molar-refractivity contribution in [2.24, 2.45) is 5.84 Å². The van der Waals surface area contributed by atoms with E-state index in [1.807, 2.05) is 6.20 Å². The van der Waals surface area contributed by atoms with Gasteiger partial charge >= 0.3 is 0 Å². The van der Waals surface area contributed by atoms with Gasteiger partial charge in [-0.25, -0.2) is 0 Å². The van der Waals surface area contributed by atoms with Gasteiger partial charge in [-0.3, -0.25) is 16.3 Å². The molecule has 2 rings (SSSR count). The van der Waals surface area contributed by atoms with Crippen LogP contribution in [0.4, 0.5) is 0 Å². The Balaban J connectivity index is 2.24. The average molecular weight is 385 g/mol. The lowest BCUT2D eigenvalue weighted by Crippen LogP contribution is -2.29. The van der Waals surface area contributed by atoms with Crippen LogP contribution in [0.3, 0.4) is 0 Å². The minimum Gasteiger partial charge on any atom is -0.271 e. The third-order valence-corrected chi connectivity index (χ3v) is 3.76. The molecule has 0 saturated carbocycles. The molecular weight excluding hydrogens is 370 g/mol. The smallest absolute Gasteiger partial charge is 0.0501 e. The van der Waals surface area contributed by atoms with Crippen LogP contribution in [0.25, 0.3) is 0 Å². The van der Waals surface area contributed by atoms with Gasteiger partial charge in [0.2, 0.25) is 0 Å². The lowest BCUT2D eigenvalue weighted by atomic mass is 9.99. The number of nitrogens with two attached hydrogens (primary N) is 1. The van der Waals surface area contributed by atoms with Crippen molar-refractivity contribution in [3.05, 3.63) is 62.3 Å². The van der Waals surface area contributed by atoms with Gasteiger partial charge in [-0.2, -0.15) is 0 Å². The van der Waals surface area contributed by atoms with Gasteiger partial charge in [0.25, 0.3) is 0 Å². The minimum absolute atomic E-state index is 0.0623. The number of aromatic nitrogens is 1. The van der Waals surface area contributed by atoms with E-state index in [9.17, 15) is 0 Å². The second-order valence-electron chi connectivity index (χ2n) is 4.50. The maximum atomic E-state index is 5.69. The Morgan fingerprint density at radius 3 is 2.58 bits per heavy atom. The van der Waals surface area contributed by atoms with Crippen molar-refractivity contribution in [3.8, 4) is 0 Å². The first-order valence-electron chi connectivity index (χ1n) is 5.91. The maximum absolute atomic E-state index is 5.69. The summed E-state index contributed by atoms with van der Waals surface area (Å²) in [4.78, 5) is 4.18. The van der Waals surface area contributed by atoms with Crippen LogP contribution in [-0.2, 0) is 6.42 Å². The molecule has 0 fully saturated rings. The van der Waals surface area contributed by atoms with Crippen LogP contribution in [0, 0.1) is 6.92 Å². The topological polar surface area (TPSA) is 50.9 Å². The lowest BCUT2D eigenvalue weighted by molar-refractivity contribution is 0.550. The fraction of sp³-hybridized carbons (Fsp3) is 0.214. The molecule has 0 radical (unpaired) electrons. The molecule has 3 nitrogen and oxygen atoms in total. The molecule has 0 aliphatic rings. The average Bonchev–Trinajstić information content (AvgIpc) is 2.34. The molecule has 0 aliphatic heterocycles. The highest BCUT2D eigenvalue weighted by atomic mass is 79.9. The van der Waals surface area contributed by atoms with E-state index in [0.29, 0.717) is 0 Å². The van der Waals surface area contributed by atoms with E-state index in [0.717, 1.165) is 26.5 Å². The fourth-order valence-electron chi connectivity index (χ4n) is 2.04. The minimum atomic E-state index is 0.0623. The zero-order chi connectivity index (χ0) is 13.8. The van der Waals surface area contributed by atoms with Crippen LogP contribution in [0.2, 0.25) is 0 Å². The molecule has 1 atom stereocenters. The molecule has 1 aromatic carbocycles. The van der Waals surface area contributed by atoms with Crippen LogP contribution in [0.15, 0.2) is 45.6 Å². The number of aryl methyl sites for hydroxylation is 1. The van der Waals surface area contributed by atoms with E-state index in [1.165, 1.54) is 5.56 Å². The second-order valence-corrected chi connectivity index (χ2v) is 6.33. The van der Waals surface area contributed by atoms with Crippen LogP contribution in [0.1, 0.15) is 22.7 Å². The van der Waals surface area contributed by atoms with E-state index in [1.54, 1.807) is 6.20 Å². The number of nitrogens with one attached hydrogen (secondary N) is 1. The Kier molecular flexibility index (Phi) is 5.10. The SMILES string of the molecule is Cc1cc(Br)cc(C(Cc2cncc(Br)c2)NN)c1. The van der Waals surface area contributed by atoms with E-state index in [2.05, 4.69) is 73.5 Å². The number of benzene rings is 1. The highest BCUT2D eigenvalue weighted by Gasteiger charge is 2.12. The van der Waals surface area contributed by atoms with Crippen molar-refractivity contribution in [2.45, 2.75) is 19.4 Å². The van der Waals surface area contributed by atoms with Crippen molar-refractivity contribution in [1.29, 1.82) is 0 Å². The first-order valence-corrected chi connectivity index (χ1v) is 7.49. The Morgan fingerprint density at radius 2 is 1.95 bits per heavy atom. The number of halogens is 2. The standard InChI is InChI=1S/C14H15Br2N3/c1-9-2-11(6-12(15)3-9)14(19-17)5-10-4-13(16)8-18-7-10/h2-4,6-8,14,19H,5,17H2,1H3. The summed E-state index contributed by atoms with van der Waals surface area (Å²) < 4.78 is 2.04. The van der Waals surface area contributed by atoms with Gasteiger partial charge in [-0.15, -0.1) is 0 Å². The van der Waals surface area contributed by atoms with E-state index >= 15 is 0 Å². The van der Waals surface area contributed by atoms with Crippen LogP contribution < -0.4 is 11.3 Å². The van der Waals surface area contributed by atoms with Crippen molar-refractivity contribution in [3.63, 3.8) is 0 Å². The summed E-state index contributed by atoms with van der Waals surface area (Å²) in [6.07, 6.45) is 4.43. The van der Waals surface area contributed by atoms with E-state index in [-0.39, 0.29) is 6.04 Å². The largest absolute Gasteiger partial charge is 0.271 e. The Hall–Kier alpha value is -0.750. The molecule has 1 unspecified atom stereocenters. The summed E-state index contributed by atoms with van der Waals surface area (Å²) in [7, 11) is 0. The number of pyridine rings is 1. The molecule has 100 valence electrons. The number of hydrogen-bond acceptors (Lipinski definition) is 3. The molecule has 0 bridgehead atoms. The molecule has 2 aromatic rings. The maximum Gasteiger partial charge on any atom is 0.0501 e. The van der Waals surface area contributed by atoms with Gasteiger partial charge in [-0.05, 0) is 64.2 Å². The second kappa shape index (κ2) is 6.61. The molecule has 3 N–H and O–H groups in total. The Bertz CT molecular complexity index is 552. The summed E-state index contributed by atoms with van der Waals surface area (Å²) in [6.45, 7) is 2.07. The fourth-order valence-corrected chi connectivity index (χ4v) is 3.08. The van der Waals surface area contributed by atoms with Crippen molar-refractivity contribution in [1.82, 2.24) is 10.4 Å².